The zero-order valence-electron chi connectivity index (χ0n) is 15.0. The van der Waals surface area contributed by atoms with E-state index in [1.807, 2.05) is 37.3 Å². The molecule has 0 bridgehead atoms. The number of pyridine rings is 1. The Morgan fingerprint density at radius 2 is 2.18 bits per heavy atom. The Labute approximate surface area is 159 Å². The molecular weight excluding hydrogens is 361 g/mol. The molecule has 1 aliphatic rings. The molecule has 7 nitrogen and oxygen atoms in total. The van der Waals surface area contributed by atoms with Gasteiger partial charge in [-0.1, -0.05) is 23.4 Å². The van der Waals surface area contributed by atoms with Gasteiger partial charge in [0, 0.05) is 17.4 Å². The second-order valence-corrected chi connectivity index (χ2v) is 6.87. The number of hydrogen-bond donors (Lipinski definition) is 1. The number of nitrogens with zero attached hydrogens (tertiary/aromatic N) is 4. The third kappa shape index (κ3) is 2.83. The van der Waals surface area contributed by atoms with Gasteiger partial charge in [-0.05, 0) is 37.1 Å². The zero-order valence-corrected chi connectivity index (χ0v) is 15.0. The highest BCUT2D eigenvalue weighted by atomic mass is 19.1. The van der Waals surface area contributed by atoms with Crippen molar-refractivity contribution < 1.29 is 13.7 Å². The lowest BCUT2D eigenvalue weighted by atomic mass is 10.1. The maximum absolute atomic E-state index is 13.2. The summed E-state index contributed by atoms with van der Waals surface area (Å²) in [7, 11) is 0. The number of fused-ring (bicyclic) bond motifs is 1. The largest absolute Gasteiger partial charge is 0.339 e. The van der Waals surface area contributed by atoms with Crippen molar-refractivity contribution in [2.24, 2.45) is 0 Å². The van der Waals surface area contributed by atoms with Crippen LogP contribution < -0.4 is 5.32 Å². The van der Waals surface area contributed by atoms with Crippen LogP contribution in [0.5, 0.6) is 0 Å². The van der Waals surface area contributed by atoms with Crippen molar-refractivity contribution in [3.05, 3.63) is 65.9 Å². The quantitative estimate of drug-likeness (QED) is 0.585. The average molecular weight is 377 g/mol. The molecule has 5 rings (SSSR count). The number of carbonyl (C=O) groups excluding carboxylic acids is 1. The molecule has 0 spiro atoms. The highest BCUT2D eigenvalue weighted by Gasteiger charge is 2.43. The number of nitrogens with one attached hydrogen (secondary N) is 1. The van der Waals surface area contributed by atoms with Gasteiger partial charge in [0.25, 0.3) is 5.91 Å². The molecular formula is C20H16FN5O2. The molecule has 3 aromatic heterocycles. The predicted molar refractivity (Wildman–Crippen MR) is 99.9 cm³/mol. The number of alkyl halides is 1. The van der Waals surface area contributed by atoms with Gasteiger partial charge >= 0.3 is 0 Å². The van der Waals surface area contributed by atoms with Gasteiger partial charge in [-0.15, -0.1) is 0 Å². The van der Waals surface area contributed by atoms with Gasteiger partial charge in [0.05, 0.1) is 12.1 Å². The Hall–Kier alpha value is -3.55. The Kier molecular flexibility index (Phi) is 3.71. The summed E-state index contributed by atoms with van der Waals surface area (Å²) in [5, 5.41) is 6.86. The number of aromatic nitrogens is 4. The minimum atomic E-state index is -0.897. The molecule has 2 atom stereocenters. The van der Waals surface area contributed by atoms with Gasteiger partial charge < -0.3 is 9.84 Å². The van der Waals surface area contributed by atoms with Crippen LogP contribution in [0.25, 0.3) is 17.0 Å². The Balaban J connectivity index is 1.43. The summed E-state index contributed by atoms with van der Waals surface area (Å²) < 4.78 is 20.1. The number of carbonyl (C=O) groups is 1. The van der Waals surface area contributed by atoms with E-state index in [4.69, 9.17) is 4.52 Å². The number of halogens is 1. The average Bonchev–Trinajstić information content (AvgIpc) is 3.12. The van der Waals surface area contributed by atoms with Gasteiger partial charge in [0.15, 0.2) is 0 Å². The minimum absolute atomic E-state index is 0.272. The third-order valence-electron chi connectivity index (χ3n) is 4.87. The van der Waals surface area contributed by atoms with Gasteiger partial charge in [0.1, 0.15) is 17.5 Å². The molecule has 1 unspecified atom stereocenters. The van der Waals surface area contributed by atoms with E-state index in [0.717, 1.165) is 5.56 Å². The highest BCUT2D eigenvalue weighted by molar-refractivity contribution is 6.04. The number of hydrogen-bond acceptors (Lipinski definition) is 5. The van der Waals surface area contributed by atoms with Gasteiger partial charge in [-0.2, -0.15) is 4.98 Å². The standard InChI is InChI=1S/C20H16FN5O2/c1-11-5-6-12(18-24-20(28-25-18)13-9-14(13)21)8-15(11)23-19(27)16-10-22-17-4-2-3-7-26(16)17/h2-8,10,13-14H,9H2,1H3,(H,23,27)/t13?,14-/m0/s1. The lowest BCUT2D eigenvalue weighted by Gasteiger charge is -2.09. The molecule has 1 aliphatic carbocycles. The van der Waals surface area contributed by atoms with Crippen LogP contribution >= 0.6 is 0 Å². The summed E-state index contributed by atoms with van der Waals surface area (Å²) in [6, 6.07) is 11.0. The molecule has 1 saturated carbocycles. The number of rotatable bonds is 4. The van der Waals surface area contributed by atoms with Crippen LogP contribution in [0, 0.1) is 6.92 Å². The minimum Gasteiger partial charge on any atom is -0.339 e. The van der Waals surface area contributed by atoms with Crippen molar-refractivity contribution >= 4 is 17.2 Å². The van der Waals surface area contributed by atoms with E-state index in [1.165, 1.54) is 0 Å². The number of benzene rings is 1. The molecule has 0 radical (unpaired) electrons. The molecule has 0 aliphatic heterocycles. The normalized spacial score (nSPS) is 18.4. The van der Waals surface area contributed by atoms with Crippen LogP contribution in [0.1, 0.15) is 34.3 Å². The monoisotopic (exact) mass is 377 g/mol. The fraction of sp³-hybridized carbons (Fsp3) is 0.200. The second kappa shape index (κ2) is 6.26. The lowest BCUT2D eigenvalue weighted by Crippen LogP contribution is -2.15. The van der Waals surface area contributed by atoms with Crippen molar-refractivity contribution in [3.8, 4) is 11.4 Å². The van der Waals surface area contributed by atoms with Gasteiger partial charge in [0.2, 0.25) is 11.7 Å². The van der Waals surface area contributed by atoms with Crippen LogP contribution in [0.4, 0.5) is 10.1 Å². The maximum Gasteiger partial charge on any atom is 0.274 e. The van der Waals surface area contributed by atoms with E-state index in [-0.39, 0.29) is 11.8 Å². The van der Waals surface area contributed by atoms with Gasteiger partial charge in [-0.25, -0.2) is 9.37 Å². The number of amides is 1. The van der Waals surface area contributed by atoms with Crippen molar-refractivity contribution in [3.63, 3.8) is 0 Å². The van der Waals surface area contributed by atoms with E-state index < -0.39 is 6.17 Å². The Morgan fingerprint density at radius 3 is 3.00 bits per heavy atom. The van der Waals surface area contributed by atoms with Crippen molar-refractivity contribution in [1.82, 2.24) is 19.5 Å². The van der Waals surface area contributed by atoms with Crippen LogP contribution in [0.2, 0.25) is 0 Å². The Morgan fingerprint density at radius 1 is 1.32 bits per heavy atom. The molecule has 28 heavy (non-hydrogen) atoms. The topological polar surface area (TPSA) is 85.3 Å². The molecule has 3 heterocycles. The molecule has 8 heteroatoms. The molecule has 1 N–H and O–H groups in total. The van der Waals surface area contributed by atoms with Crippen molar-refractivity contribution in [2.45, 2.75) is 25.4 Å². The predicted octanol–water partition coefficient (Wildman–Crippen LogP) is 3.77. The summed E-state index contributed by atoms with van der Waals surface area (Å²) in [5.41, 5.74) is 3.34. The molecule has 1 fully saturated rings. The van der Waals surface area contributed by atoms with Crippen LogP contribution in [0.3, 0.4) is 0 Å². The fourth-order valence-electron chi connectivity index (χ4n) is 3.11. The molecule has 140 valence electrons. The third-order valence-corrected chi connectivity index (χ3v) is 4.87. The van der Waals surface area contributed by atoms with Crippen molar-refractivity contribution in [2.75, 3.05) is 5.32 Å². The van der Waals surface area contributed by atoms with Crippen molar-refractivity contribution in [1.29, 1.82) is 0 Å². The molecule has 1 aromatic carbocycles. The fourth-order valence-corrected chi connectivity index (χ4v) is 3.11. The number of anilines is 1. The van der Waals surface area contributed by atoms with Gasteiger partial charge in [-0.3, -0.25) is 9.20 Å². The van der Waals surface area contributed by atoms with E-state index in [9.17, 15) is 9.18 Å². The molecule has 4 aromatic rings. The first-order valence-electron chi connectivity index (χ1n) is 8.92. The SMILES string of the molecule is Cc1ccc(-c2noc(C3C[C@@H]3F)n2)cc1NC(=O)c1cnc2ccccn12. The smallest absolute Gasteiger partial charge is 0.274 e. The lowest BCUT2D eigenvalue weighted by molar-refractivity contribution is 0.102. The maximum atomic E-state index is 13.2. The highest BCUT2D eigenvalue weighted by Crippen LogP contribution is 2.43. The first kappa shape index (κ1) is 16.6. The number of imidazole rings is 1. The summed E-state index contributed by atoms with van der Waals surface area (Å²) >= 11 is 0. The van der Waals surface area contributed by atoms with E-state index in [1.54, 1.807) is 22.9 Å². The molecule has 1 amide bonds. The van der Waals surface area contributed by atoms with E-state index in [2.05, 4.69) is 20.4 Å². The first-order chi connectivity index (χ1) is 13.6. The summed E-state index contributed by atoms with van der Waals surface area (Å²) in [5.74, 6) is 0.130. The first-order valence-corrected chi connectivity index (χ1v) is 8.92. The van der Waals surface area contributed by atoms with Crippen LogP contribution in [-0.4, -0.2) is 31.6 Å². The summed E-state index contributed by atoms with van der Waals surface area (Å²) in [6.07, 6.45) is 2.86. The van der Waals surface area contributed by atoms with E-state index >= 15 is 0 Å². The molecule has 0 saturated heterocycles. The second-order valence-electron chi connectivity index (χ2n) is 6.87. The van der Waals surface area contributed by atoms with Crippen LogP contribution in [0.15, 0.2) is 53.3 Å². The van der Waals surface area contributed by atoms with Crippen LogP contribution in [-0.2, 0) is 0 Å². The Bertz CT molecular complexity index is 1200. The summed E-state index contributed by atoms with van der Waals surface area (Å²) in [6.45, 7) is 1.90. The zero-order chi connectivity index (χ0) is 19.3. The summed E-state index contributed by atoms with van der Waals surface area (Å²) in [4.78, 5) is 21.3. The number of aryl methyl sites for hydroxylation is 1. The van der Waals surface area contributed by atoms with E-state index in [0.29, 0.717) is 40.7 Å².